The third-order valence-corrected chi connectivity index (χ3v) is 5.53. The molecule has 2 aromatic carbocycles. The van der Waals surface area contributed by atoms with Crippen molar-refractivity contribution in [1.29, 1.82) is 0 Å². The van der Waals surface area contributed by atoms with Gasteiger partial charge in [0, 0.05) is 18.1 Å². The lowest BCUT2D eigenvalue weighted by molar-refractivity contribution is 0.174. The van der Waals surface area contributed by atoms with Crippen molar-refractivity contribution >= 4 is 10.9 Å². The molecular formula is C23H24N2O3. The Bertz CT molecular complexity index is 983. The van der Waals surface area contributed by atoms with Crippen molar-refractivity contribution in [2.45, 2.75) is 19.3 Å². The molecule has 0 amide bonds. The highest BCUT2D eigenvalue weighted by Gasteiger charge is 2.16. The predicted molar refractivity (Wildman–Crippen MR) is 109 cm³/mol. The number of nitrogens with zero attached hydrogens (tertiary/aromatic N) is 2. The summed E-state index contributed by atoms with van der Waals surface area (Å²) in [6.07, 6.45) is 5.78. The van der Waals surface area contributed by atoms with Gasteiger partial charge in [0.05, 0.1) is 0 Å². The standard InChI is InChI=1S/C23H24N2O3/c1-2-11-25(12-3-1)13-14-26-21-9-7-18(19-5-4-10-24-23(19)21)17-6-8-20-22(15-17)28-16-27-20/h4-10,15H,1-3,11-14,16H2. The molecule has 1 fully saturated rings. The van der Waals surface area contributed by atoms with E-state index >= 15 is 0 Å². The Balaban J connectivity index is 1.41. The fourth-order valence-corrected chi connectivity index (χ4v) is 4.05. The monoisotopic (exact) mass is 376 g/mol. The first-order valence-corrected chi connectivity index (χ1v) is 10.0. The van der Waals surface area contributed by atoms with Crippen LogP contribution >= 0.6 is 0 Å². The van der Waals surface area contributed by atoms with Crippen LogP contribution < -0.4 is 14.2 Å². The Morgan fingerprint density at radius 1 is 0.964 bits per heavy atom. The summed E-state index contributed by atoms with van der Waals surface area (Å²) in [5.74, 6) is 2.43. The van der Waals surface area contributed by atoms with E-state index < -0.39 is 0 Å². The highest BCUT2D eigenvalue weighted by Crippen LogP contribution is 2.39. The third-order valence-electron chi connectivity index (χ3n) is 5.53. The van der Waals surface area contributed by atoms with E-state index in [0.717, 1.165) is 45.8 Å². The van der Waals surface area contributed by atoms with Crippen LogP contribution in [0.15, 0.2) is 48.7 Å². The van der Waals surface area contributed by atoms with Gasteiger partial charge in [-0.1, -0.05) is 18.6 Å². The molecule has 0 N–H and O–H groups in total. The van der Waals surface area contributed by atoms with Crippen molar-refractivity contribution in [1.82, 2.24) is 9.88 Å². The van der Waals surface area contributed by atoms with Gasteiger partial charge >= 0.3 is 0 Å². The van der Waals surface area contributed by atoms with Crippen LogP contribution in [0, 0.1) is 0 Å². The van der Waals surface area contributed by atoms with Crippen LogP contribution in [0.1, 0.15) is 19.3 Å². The smallest absolute Gasteiger partial charge is 0.231 e. The highest BCUT2D eigenvalue weighted by molar-refractivity contribution is 5.98. The SMILES string of the molecule is c1cnc2c(OCCN3CCCCC3)ccc(-c3ccc4c(c3)OCO4)c2c1. The quantitative estimate of drug-likeness (QED) is 0.656. The zero-order valence-corrected chi connectivity index (χ0v) is 15.9. The average Bonchev–Trinajstić information content (AvgIpc) is 3.22. The van der Waals surface area contributed by atoms with Crippen molar-refractivity contribution in [2.75, 3.05) is 33.0 Å². The molecule has 0 atom stereocenters. The van der Waals surface area contributed by atoms with Gasteiger partial charge in [-0.25, -0.2) is 0 Å². The number of likely N-dealkylation sites (tertiary alicyclic amines) is 1. The minimum absolute atomic E-state index is 0.283. The Morgan fingerprint density at radius 2 is 1.86 bits per heavy atom. The second-order valence-corrected chi connectivity index (χ2v) is 7.33. The van der Waals surface area contributed by atoms with Crippen LogP contribution in [-0.2, 0) is 0 Å². The van der Waals surface area contributed by atoms with Crippen LogP contribution in [0.25, 0.3) is 22.0 Å². The topological polar surface area (TPSA) is 43.8 Å². The summed E-state index contributed by atoms with van der Waals surface area (Å²) in [6, 6.07) is 14.3. The molecule has 5 rings (SSSR count). The maximum Gasteiger partial charge on any atom is 0.231 e. The van der Waals surface area contributed by atoms with Crippen LogP contribution in [0.5, 0.6) is 17.2 Å². The largest absolute Gasteiger partial charge is 0.490 e. The van der Waals surface area contributed by atoms with Gasteiger partial charge in [-0.15, -0.1) is 0 Å². The first-order chi connectivity index (χ1) is 13.9. The molecule has 5 heteroatoms. The summed E-state index contributed by atoms with van der Waals surface area (Å²) in [7, 11) is 0. The molecule has 0 radical (unpaired) electrons. The predicted octanol–water partition coefficient (Wildman–Crippen LogP) is 4.50. The van der Waals surface area contributed by atoms with Crippen LogP contribution in [0.2, 0.25) is 0 Å². The zero-order chi connectivity index (χ0) is 18.8. The van der Waals surface area contributed by atoms with E-state index in [9.17, 15) is 0 Å². The van der Waals surface area contributed by atoms with Crippen LogP contribution in [0.4, 0.5) is 0 Å². The van der Waals surface area contributed by atoms with Crippen molar-refractivity contribution in [2.24, 2.45) is 0 Å². The second-order valence-electron chi connectivity index (χ2n) is 7.33. The third kappa shape index (κ3) is 3.38. The second kappa shape index (κ2) is 7.68. The molecule has 0 aliphatic carbocycles. The number of benzene rings is 2. The number of fused-ring (bicyclic) bond motifs is 2. The van der Waals surface area contributed by atoms with E-state index in [2.05, 4.69) is 28.1 Å². The van der Waals surface area contributed by atoms with E-state index in [1.54, 1.807) is 0 Å². The molecule has 1 saturated heterocycles. The number of hydrogen-bond donors (Lipinski definition) is 0. The lowest BCUT2D eigenvalue weighted by atomic mass is 10.00. The summed E-state index contributed by atoms with van der Waals surface area (Å²) >= 11 is 0. The van der Waals surface area contributed by atoms with Gasteiger partial charge < -0.3 is 14.2 Å². The van der Waals surface area contributed by atoms with E-state index in [0.29, 0.717) is 6.61 Å². The Hall–Kier alpha value is -2.79. The molecule has 28 heavy (non-hydrogen) atoms. The minimum atomic E-state index is 0.283. The fraction of sp³-hybridized carbons (Fsp3) is 0.348. The van der Waals surface area contributed by atoms with Gasteiger partial charge in [0.15, 0.2) is 11.5 Å². The first-order valence-electron chi connectivity index (χ1n) is 10.0. The van der Waals surface area contributed by atoms with E-state index in [1.165, 1.54) is 32.4 Å². The number of piperidine rings is 1. The summed E-state index contributed by atoms with van der Waals surface area (Å²) in [5.41, 5.74) is 3.10. The van der Waals surface area contributed by atoms with Gasteiger partial charge in [0.25, 0.3) is 0 Å². The maximum atomic E-state index is 6.14. The molecular weight excluding hydrogens is 352 g/mol. The molecule has 1 aromatic heterocycles. The molecule has 2 aliphatic rings. The summed E-state index contributed by atoms with van der Waals surface area (Å²) in [6.45, 7) is 4.31. The van der Waals surface area contributed by atoms with Gasteiger partial charge in [0.1, 0.15) is 17.9 Å². The number of ether oxygens (including phenoxy) is 3. The Morgan fingerprint density at radius 3 is 2.79 bits per heavy atom. The maximum absolute atomic E-state index is 6.14. The Kier molecular flexibility index (Phi) is 4.75. The van der Waals surface area contributed by atoms with Crippen LogP contribution in [0.3, 0.4) is 0 Å². The molecule has 144 valence electrons. The lowest BCUT2D eigenvalue weighted by Gasteiger charge is -2.26. The first kappa shape index (κ1) is 17.3. The molecule has 5 nitrogen and oxygen atoms in total. The molecule has 3 aromatic rings. The number of pyridine rings is 1. The zero-order valence-electron chi connectivity index (χ0n) is 15.9. The summed E-state index contributed by atoms with van der Waals surface area (Å²) < 4.78 is 17.1. The minimum Gasteiger partial charge on any atom is -0.490 e. The molecule has 2 aliphatic heterocycles. The fourth-order valence-electron chi connectivity index (χ4n) is 4.05. The lowest BCUT2D eigenvalue weighted by Crippen LogP contribution is -2.33. The molecule has 0 unspecified atom stereocenters. The van der Waals surface area contributed by atoms with Gasteiger partial charge in [-0.05, 0) is 67.4 Å². The molecule has 0 saturated carbocycles. The van der Waals surface area contributed by atoms with Crippen LogP contribution in [-0.4, -0.2) is 42.9 Å². The number of rotatable bonds is 5. The summed E-state index contributed by atoms with van der Waals surface area (Å²) in [4.78, 5) is 7.10. The van der Waals surface area contributed by atoms with Crippen molar-refractivity contribution in [3.8, 4) is 28.4 Å². The Labute approximate surface area is 164 Å². The van der Waals surface area contributed by atoms with Crippen molar-refractivity contribution in [3.63, 3.8) is 0 Å². The van der Waals surface area contributed by atoms with Crippen molar-refractivity contribution in [3.05, 3.63) is 48.7 Å². The van der Waals surface area contributed by atoms with Crippen molar-refractivity contribution < 1.29 is 14.2 Å². The van der Waals surface area contributed by atoms with E-state index in [4.69, 9.17) is 14.2 Å². The van der Waals surface area contributed by atoms with Gasteiger partial charge in [-0.3, -0.25) is 9.88 Å². The molecule has 0 bridgehead atoms. The van der Waals surface area contributed by atoms with E-state index in [-0.39, 0.29) is 6.79 Å². The number of aromatic nitrogens is 1. The number of hydrogen-bond acceptors (Lipinski definition) is 5. The summed E-state index contributed by atoms with van der Waals surface area (Å²) in [5, 5.41) is 1.08. The van der Waals surface area contributed by atoms with Gasteiger partial charge in [-0.2, -0.15) is 0 Å². The normalized spacial score (nSPS) is 16.4. The van der Waals surface area contributed by atoms with E-state index in [1.807, 2.05) is 30.5 Å². The average molecular weight is 376 g/mol. The highest BCUT2D eigenvalue weighted by atomic mass is 16.7. The molecule has 3 heterocycles. The molecule has 0 spiro atoms. The van der Waals surface area contributed by atoms with Gasteiger partial charge in [0.2, 0.25) is 6.79 Å².